The van der Waals surface area contributed by atoms with Crippen LogP contribution in [0, 0.1) is 12.8 Å². The first kappa shape index (κ1) is 17.0. The number of aryl methyl sites for hydroxylation is 1. The van der Waals surface area contributed by atoms with Gasteiger partial charge in [-0.05, 0) is 37.0 Å². The zero-order chi connectivity index (χ0) is 17.0. The van der Waals surface area contributed by atoms with Crippen LogP contribution in [-0.4, -0.2) is 27.0 Å². The average molecular weight is 317 g/mol. The third-order valence-corrected chi connectivity index (χ3v) is 3.73. The number of nitrogens with zero attached hydrogens (tertiary/aromatic N) is 1. The number of benzene rings is 1. The first-order valence-corrected chi connectivity index (χ1v) is 7.84. The maximum absolute atomic E-state index is 12.0. The number of H-pyrrole nitrogens is 1. The minimum atomic E-state index is -0.883. The molecule has 124 valence electrons. The van der Waals surface area contributed by atoms with E-state index < -0.39 is 5.97 Å². The smallest absolute Gasteiger partial charge is 0.303 e. The second-order valence-corrected chi connectivity index (χ2v) is 6.18. The lowest BCUT2D eigenvalue weighted by Gasteiger charge is -2.20. The number of imidazole rings is 1. The number of aliphatic carboxylic acids is 1. The molecule has 2 rings (SSSR count). The molecule has 1 aromatic heterocycles. The molecule has 0 bridgehead atoms. The molecule has 0 aliphatic carbocycles. The van der Waals surface area contributed by atoms with Gasteiger partial charge in [0, 0.05) is 12.8 Å². The minimum Gasteiger partial charge on any atom is -0.481 e. The van der Waals surface area contributed by atoms with E-state index in [9.17, 15) is 9.59 Å². The van der Waals surface area contributed by atoms with E-state index in [4.69, 9.17) is 5.11 Å². The van der Waals surface area contributed by atoms with E-state index in [-0.39, 0.29) is 30.7 Å². The van der Waals surface area contributed by atoms with Crippen molar-refractivity contribution in [3.8, 4) is 0 Å². The van der Waals surface area contributed by atoms with Crippen molar-refractivity contribution in [3.05, 3.63) is 29.6 Å². The van der Waals surface area contributed by atoms with E-state index in [2.05, 4.69) is 15.3 Å². The van der Waals surface area contributed by atoms with Crippen molar-refractivity contribution in [3.63, 3.8) is 0 Å². The molecule has 0 spiro atoms. The van der Waals surface area contributed by atoms with Crippen molar-refractivity contribution in [1.29, 1.82) is 0 Å². The molecule has 0 saturated heterocycles. The van der Waals surface area contributed by atoms with Gasteiger partial charge in [0.25, 0.3) is 0 Å². The largest absolute Gasteiger partial charge is 0.481 e. The highest BCUT2D eigenvalue weighted by molar-refractivity contribution is 5.78. The van der Waals surface area contributed by atoms with Gasteiger partial charge in [0.1, 0.15) is 5.82 Å². The number of carboxylic acids is 1. The first-order chi connectivity index (χ1) is 10.9. The van der Waals surface area contributed by atoms with Gasteiger partial charge in [-0.2, -0.15) is 0 Å². The van der Waals surface area contributed by atoms with Crippen molar-refractivity contribution in [2.24, 2.45) is 5.92 Å². The molecule has 0 aliphatic heterocycles. The molecule has 0 radical (unpaired) electrons. The summed E-state index contributed by atoms with van der Waals surface area (Å²) in [5, 5.41) is 11.6. The van der Waals surface area contributed by atoms with Crippen LogP contribution in [0.2, 0.25) is 0 Å². The molecular weight excluding hydrogens is 294 g/mol. The molecule has 6 heteroatoms. The molecule has 1 heterocycles. The third kappa shape index (κ3) is 4.55. The summed E-state index contributed by atoms with van der Waals surface area (Å²) >= 11 is 0. The van der Waals surface area contributed by atoms with Gasteiger partial charge in [-0.3, -0.25) is 9.59 Å². The fourth-order valence-electron chi connectivity index (χ4n) is 2.49. The number of carbonyl (C=O) groups excluding carboxylic acids is 1. The van der Waals surface area contributed by atoms with Crippen LogP contribution >= 0.6 is 0 Å². The van der Waals surface area contributed by atoms with E-state index in [1.165, 1.54) is 0 Å². The van der Waals surface area contributed by atoms with E-state index in [1.807, 2.05) is 39.0 Å². The highest BCUT2D eigenvalue weighted by atomic mass is 16.4. The van der Waals surface area contributed by atoms with Crippen molar-refractivity contribution in [2.45, 2.75) is 46.1 Å². The minimum absolute atomic E-state index is 0.00365. The molecule has 0 fully saturated rings. The first-order valence-electron chi connectivity index (χ1n) is 7.84. The molecule has 0 saturated carbocycles. The lowest BCUT2D eigenvalue weighted by atomic mass is 10.0. The van der Waals surface area contributed by atoms with Gasteiger partial charge in [-0.1, -0.05) is 19.9 Å². The zero-order valence-electron chi connectivity index (χ0n) is 13.7. The van der Waals surface area contributed by atoms with Gasteiger partial charge in [-0.25, -0.2) is 4.98 Å². The predicted molar refractivity (Wildman–Crippen MR) is 88.0 cm³/mol. The van der Waals surface area contributed by atoms with Gasteiger partial charge < -0.3 is 15.4 Å². The van der Waals surface area contributed by atoms with Crippen LogP contribution in [0.4, 0.5) is 0 Å². The van der Waals surface area contributed by atoms with Gasteiger partial charge in [-0.15, -0.1) is 0 Å². The number of carbonyl (C=O) groups is 2. The Morgan fingerprint density at radius 2 is 2.04 bits per heavy atom. The van der Waals surface area contributed by atoms with E-state index >= 15 is 0 Å². The van der Waals surface area contributed by atoms with Crippen LogP contribution in [0.3, 0.4) is 0 Å². The molecule has 0 aliphatic rings. The Morgan fingerprint density at radius 3 is 2.70 bits per heavy atom. The summed E-state index contributed by atoms with van der Waals surface area (Å²) in [6.45, 7) is 6.05. The summed E-state index contributed by atoms with van der Waals surface area (Å²) in [4.78, 5) is 30.4. The summed E-state index contributed by atoms with van der Waals surface area (Å²) in [7, 11) is 0. The Morgan fingerprint density at radius 1 is 1.30 bits per heavy atom. The molecule has 1 unspecified atom stereocenters. The van der Waals surface area contributed by atoms with E-state index in [1.54, 1.807) is 0 Å². The molecule has 23 heavy (non-hydrogen) atoms. The average Bonchev–Trinajstić information content (AvgIpc) is 2.86. The van der Waals surface area contributed by atoms with E-state index in [0.717, 1.165) is 22.4 Å². The van der Waals surface area contributed by atoms with Crippen LogP contribution in [-0.2, 0) is 9.59 Å². The number of fused-ring (bicyclic) bond motifs is 1. The number of hydrogen-bond donors (Lipinski definition) is 3. The standard InChI is InChI=1S/C17H23N3O3/c1-10(2)16(20-14(21)5-4-6-15(22)23)17-18-12-8-7-11(3)9-13(12)19-17/h7-10,16H,4-6H2,1-3H3,(H,18,19)(H,20,21)(H,22,23). The molecule has 3 N–H and O–H groups in total. The summed E-state index contributed by atoms with van der Waals surface area (Å²) in [6, 6.07) is 5.76. The van der Waals surface area contributed by atoms with Gasteiger partial charge >= 0.3 is 5.97 Å². The van der Waals surface area contributed by atoms with Crippen molar-refractivity contribution in [2.75, 3.05) is 0 Å². The lowest BCUT2D eigenvalue weighted by Crippen LogP contribution is -2.32. The Bertz CT molecular complexity index is 706. The Hall–Kier alpha value is -2.37. The monoisotopic (exact) mass is 317 g/mol. The number of hydrogen-bond acceptors (Lipinski definition) is 3. The Balaban J connectivity index is 2.10. The Kier molecular flexibility index (Phi) is 5.36. The topological polar surface area (TPSA) is 95.1 Å². The predicted octanol–water partition coefficient (Wildman–Crippen LogP) is 2.94. The van der Waals surface area contributed by atoms with Crippen LogP contribution in [0.25, 0.3) is 11.0 Å². The third-order valence-electron chi connectivity index (χ3n) is 3.73. The van der Waals surface area contributed by atoms with Crippen molar-refractivity contribution in [1.82, 2.24) is 15.3 Å². The summed E-state index contributed by atoms with van der Waals surface area (Å²) in [6.07, 6.45) is 0.545. The lowest BCUT2D eigenvalue weighted by molar-refractivity contribution is -0.137. The second kappa shape index (κ2) is 7.26. The fraction of sp³-hybridized carbons (Fsp3) is 0.471. The van der Waals surface area contributed by atoms with Crippen molar-refractivity contribution < 1.29 is 14.7 Å². The number of aromatic amines is 1. The van der Waals surface area contributed by atoms with Gasteiger partial charge in [0.05, 0.1) is 17.1 Å². The highest BCUT2D eigenvalue weighted by Crippen LogP contribution is 2.23. The number of rotatable bonds is 7. The summed E-state index contributed by atoms with van der Waals surface area (Å²) in [5.41, 5.74) is 2.97. The Labute approximate surface area is 135 Å². The van der Waals surface area contributed by atoms with E-state index in [0.29, 0.717) is 6.42 Å². The number of aromatic nitrogens is 2. The zero-order valence-corrected chi connectivity index (χ0v) is 13.7. The quantitative estimate of drug-likeness (QED) is 0.731. The van der Waals surface area contributed by atoms with Crippen LogP contribution in [0.5, 0.6) is 0 Å². The molecule has 1 aromatic carbocycles. The van der Waals surface area contributed by atoms with Crippen LogP contribution in [0.1, 0.15) is 50.5 Å². The van der Waals surface area contributed by atoms with Gasteiger partial charge in [0.2, 0.25) is 5.91 Å². The number of carboxylic acid groups (broad SMARTS) is 1. The van der Waals surface area contributed by atoms with Crippen LogP contribution in [0.15, 0.2) is 18.2 Å². The molecule has 2 aromatic rings. The summed E-state index contributed by atoms with van der Waals surface area (Å²) in [5.74, 6) is -0.139. The number of nitrogens with one attached hydrogen (secondary N) is 2. The normalized spacial score (nSPS) is 12.5. The number of amides is 1. The molecule has 1 atom stereocenters. The van der Waals surface area contributed by atoms with Crippen LogP contribution < -0.4 is 5.32 Å². The summed E-state index contributed by atoms with van der Waals surface area (Å²) < 4.78 is 0. The van der Waals surface area contributed by atoms with Crippen molar-refractivity contribution >= 4 is 22.9 Å². The highest BCUT2D eigenvalue weighted by Gasteiger charge is 2.21. The fourth-order valence-corrected chi connectivity index (χ4v) is 2.49. The second-order valence-electron chi connectivity index (χ2n) is 6.18. The molecule has 1 amide bonds. The maximum Gasteiger partial charge on any atom is 0.303 e. The van der Waals surface area contributed by atoms with Gasteiger partial charge in [0.15, 0.2) is 0 Å². The SMILES string of the molecule is Cc1ccc2nc(C(NC(=O)CCCC(=O)O)C(C)C)[nH]c2c1. The maximum atomic E-state index is 12.0. The molecular formula is C17H23N3O3. The molecule has 6 nitrogen and oxygen atoms in total.